The highest BCUT2D eigenvalue weighted by atomic mass is 32.2. The summed E-state index contributed by atoms with van der Waals surface area (Å²) in [6.45, 7) is 1.64. The lowest BCUT2D eigenvalue weighted by Gasteiger charge is -2.25. The summed E-state index contributed by atoms with van der Waals surface area (Å²) in [4.78, 5) is 0. The first-order chi connectivity index (χ1) is 14.2. The Morgan fingerprint density at radius 2 is 2.00 bits per heavy atom. The van der Waals surface area contributed by atoms with Crippen LogP contribution in [0.5, 0.6) is 11.5 Å². The Labute approximate surface area is 171 Å². The van der Waals surface area contributed by atoms with Gasteiger partial charge >= 0.3 is 0 Å². The molecular weight excluding hydrogens is 394 g/mol. The van der Waals surface area contributed by atoms with E-state index in [2.05, 4.69) is 20.2 Å². The zero-order valence-electron chi connectivity index (χ0n) is 16.3. The molecular formula is C19H23N5O4S. The van der Waals surface area contributed by atoms with Gasteiger partial charge < -0.3 is 23.8 Å². The van der Waals surface area contributed by atoms with E-state index in [0.717, 1.165) is 19.4 Å². The predicted octanol–water partition coefficient (Wildman–Crippen LogP) is 2.37. The summed E-state index contributed by atoms with van der Waals surface area (Å²) < 4.78 is 34.4. The molecule has 10 heteroatoms. The molecule has 0 bridgehead atoms. The van der Waals surface area contributed by atoms with Crippen molar-refractivity contribution in [3.8, 4) is 28.8 Å². The number of hydrogen-bond acceptors (Lipinski definition) is 8. The SMILES string of the molecule is COc1cccc(OC)c1-n1c(N[S+]([O-])C2CCCNC2)nnc1-c1ccco1. The number of para-hydroxylation sites is 1. The average molecular weight is 417 g/mol. The van der Waals surface area contributed by atoms with Crippen LogP contribution in [0.25, 0.3) is 17.3 Å². The molecule has 154 valence electrons. The van der Waals surface area contributed by atoms with Crippen molar-refractivity contribution in [1.82, 2.24) is 20.1 Å². The van der Waals surface area contributed by atoms with Crippen molar-refractivity contribution in [1.29, 1.82) is 0 Å². The fourth-order valence-electron chi connectivity index (χ4n) is 3.36. The van der Waals surface area contributed by atoms with Crippen LogP contribution in [0.1, 0.15) is 12.8 Å². The molecule has 4 rings (SSSR count). The van der Waals surface area contributed by atoms with E-state index in [9.17, 15) is 4.55 Å². The third-order valence-corrected chi connectivity index (χ3v) is 6.17. The summed E-state index contributed by atoms with van der Waals surface area (Å²) >= 11 is -1.34. The molecule has 1 aliphatic heterocycles. The van der Waals surface area contributed by atoms with Gasteiger partial charge in [-0.1, -0.05) is 6.07 Å². The lowest BCUT2D eigenvalue weighted by atomic mass is 10.2. The number of aromatic nitrogens is 3. The van der Waals surface area contributed by atoms with Gasteiger partial charge in [-0.15, -0.1) is 10.2 Å². The molecule has 0 radical (unpaired) electrons. The zero-order chi connectivity index (χ0) is 20.2. The minimum Gasteiger partial charge on any atom is -0.593 e. The fourth-order valence-corrected chi connectivity index (χ4v) is 4.48. The Kier molecular flexibility index (Phi) is 5.93. The maximum Gasteiger partial charge on any atom is 0.271 e. The molecule has 0 amide bonds. The molecule has 3 heterocycles. The number of hydrogen-bond donors (Lipinski definition) is 2. The van der Waals surface area contributed by atoms with Crippen LogP contribution in [0.2, 0.25) is 0 Å². The Hall–Kier alpha value is -2.69. The molecule has 1 aliphatic rings. The van der Waals surface area contributed by atoms with E-state index < -0.39 is 11.4 Å². The summed E-state index contributed by atoms with van der Waals surface area (Å²) in [6.07, 6.45) is 3.43. The van der Waals surface area contributed by atoms with E-state index in [1.807, 2.05) is 18.2 Å². The molecule has 9 nitrogen and oxygen atoms in total. The van der Waals surface area contributed by atoms with Crippen LogP contribution >= 0.6 is 0 Å². The monoisotopic (exact) mass is 417 g/mol. The number of ether oxygens (including phenoxy) is 2. The highest BCUT2D eigenvalue weighted by Crippen LogP contribution is 2.37. The lowest BCUT2D eigenvalue weighted by molar-refractivity contribution is 0.391. The van der Waals surface area contributed by atoms with Gasteiger partial charge in [0.1, 0.15) is 17.2 Å². The zero-order valence-corrected chi connectivity index (χ0v) is 17.1. The number of methoxy groups -OCH3 is 2. The van der Waals surface area contributed by atoms with Gasteiger partial charge in [0.25, 0.3) is 5.95 Å². The molecule has 0 spiro atoms. The molecule has 1 fully saturated rings. The quantitative estimate of drug-likeness (QED) is 0.564. The number of furan rings is 1. The highest BCUT2D eigenvalue weighted by molar-refractivity contribution is 7.93. The lowest BCUT2D eigenvalue weighted by Crippen LogP contribution is -2.41. The second-order valence-electron chi connectivity index (χ2n) is 6.54. The normalized spacial score (nSPS) is 17.7. The molecule has 29 heavy (non-hydrogen) atoms. The molecule has 2 unspecified atom stereocenters. The molecule has 2 N–H and O–H groups in total. The van der Waals surface area contributed by atoms with Crippen LogP contribution in [0.4, 0.5) is 5.95 Å². The topological polar surface area (TPSA) is 109 Å². The Balaban J connectivity index is 1.80. The van der Waals surface area contributed by atoms with Crippen LogP contribution in [0.3, 0.4) is 0 Å². The van der Waals surface area contributed by atoms with E-state index in [1.165, 1.54) is 0 Å². The first-order valence-corrected chi connectivity index (χ1v) is 10.5. The van der Waals surface area contributed by atoms with Gasteiger partial charge in [-0.25, -0.2) is 4.57 Å². The maximum absolute atomic E-state index is 12.9. The van der Waals surface area contributed by atoms with Gasteiger partial charge in [0.15, 0.2) is 11.0 Å². The molecule has 0 saturated carbocycles. The number of nitrogens with zero attached hydrogens (tertiary/aromatic N) is 3. The summed E-state index contributed by atoms with van der Waals surface area (Å²) in [5.41, 5.74) is 0.593. The van der Waals surface area contributed by atoms with E-state index in [4.69, 9.17) is 13.9 Å². The minimum atomic E-state index is -1.34. The molecule has 1 aromatic carbocycles. The number of rotatable bonds is 7. The number of anilines is 1. The molecule has 3 aromatic rings. The number of piperidine rings is 1. The van der Waals surface area contributed by atoms with Crippen LogP contribution in [-0.4, -0.2) is 51.9 Å². The van der Waals surface area contributed by atoms with Crippen LogP contribution in [0.15, 0.2) is 41.0 Å². The fraction of sp³-hybridized carbons (Fsp3) is 0.368. The molecule has 2 atom stereocenters. The Morgan fingerprint density at radius 3 is 2.62 bits per heavy atom. The molecule has 2 aromatic heterocycles. The van der Waals surface area contributed by atoms with E-state index in [1.54, 1.807) is 37.2 Å². The van der Waals surface area contributed by atoms with Crippen molar-refractivity contribution < 1.29 is 18.4 Å². The third-order valence-electron chi connectivity index (χ3n) is 4.78. The van der Waals surface area contributed by atoms with E-state index in [-0.39, 0.29) is 5.25 Å². The Morgan fingerprint density at radius 1 is 1.21 bits per heavy atom. The Bertz CT molecular complexity index is 918. The van der Waals surface area contributed by atoms with Crippen molar-refractivity contribution in [2.45, 2.75) is 18.1 Å². The summed E-state index contributed by atoms with van der Waals surface area (Å²) in [5.74, 6) is 2.40. The second-order valence-corrected chi connectivity index (χ2v) is 8.00. The number of nitrogens with one attached hydrogen (secondary N) is 2. The van der Waals surface area contributed by atoms with Crippen molar-refractivity contribution in [3.05, 3.63) is 36.6 Å². The van der Waals surface area contributed by atoms with Crippen LogP contribution in [-0.2, 0) is 11.4 Å². The minimum absolute atomic E-state index is 0.0134. The summed E-state index contributed by atoms with van der Waals surface area (Å²) in [6, 6.07) is 9.02. The van der Waals surface area contributed by atoms with Gasteiger partial charge in [-0.3, -0.25) is 0 Å². The first kappa shape index (κ1) is 19.6. The van der Waals surface area contributed by atoms with Crippen molar-refractivity contribution in [3.63, 3.8) is 0 Å². The maximum atomic E-state index is 12.9. The van der Waals surface area contributed by atoms with E-state index in [0.29, 0.717) is 41.3 Å². The third kappa shape index (κ3) is 3.91. The summed E-state index contributed by atoms with van der Waals surface area (Å²) in [7, 11) is 3.16. The highest BCUT2D eigenvalue weighted by Gasteiger charge is 2.30. The first-order valence-electron chi connectivity index (χ1n) is 9.31. The second kappa shape index (κ2) is 8.76. The standard InChI is InChI=1S/C19H23N5O4S/c1-26-14-7-3-8-15(27-2)17(14)24-18(16-9-5-11-28-16)21-22-19(24)23-29(25)13-6-4-10-20-12-13/h3,5,7-9,11,13,20H,4,6,10,12H2,1-2H3,(H,22,23). The summed E-state index contributed by atoms with van der Waals surface area (Å²) in [5, 5.41) is 11.8. The van der Waals surface area contributed by atoms with Crippen LogP contribution < -0.4 is 19.5 Å². The van der Waals surface area contributed by atoms with Gasteiger partial charge in [-0.05, 0) is 43.7 Å². The van der Waals surface area contributed by atoms with Crippen molar-refractivity contribution >= 4 is 17.3 Å². The van der Waals surface area contributed by atoms with Crippen molar-refractivity contribution in [2.75, 3.05) is 32.0 Å². The van der Waals surface area contributed by atoms with Gasteiger partial charge in [0, 0.05) is 6.54 Å². The largest absolute Gasteiger partial charge is 0.593 e. The predicted molar refractivity (Wildman–Crippen MR) is 110 cm³/mol. The van der Waals surface area contributed by atoms with Crippen LogP contribution in [0, 0.1) is 0 Å². The van der Waals surface area contributed by atoms with Gasteiger partial charge in [0.05, 0.1) is 31.8 Å². The smallest absolute Gasteiger partial charge is 0.271 e. The van der Waals surface area contributed by atoms with Crippen molar-refractivity contribution in [2.24, 2.45) is 0 Å². The van der Waals surface area contributed by atoms with E-state index >= 15 is 0 Å². The van der Waals surface area contributed by atoms with Gasteiger partial charge in [-0.2, -0.15) is 4.72 Å². The number of benzene rings is 1. The molecule has 1 saturated heterocycles. The average Bonchev–Trinajstić information content (AvgIpc) is 3.43. The molecule has 0 aliphatic carbocycles. The van der Waals surface area contributed by atoms with Gasteiger partial charge in [0.2, 0.25) is 5.82 Å².